The number of aliphatic hydroxyl groups excluding tert-OH is 1. The van der Waals surface area contributed by atoms with E-state index in [1.165, 1.54) is 18.2 Å². The highest BCUT2D eigenvalue weighted by Gasteiger charge is 2.28. The molecule has 1 saturated heterocycles. The molecule has 0 bridgehead atoms. The van der Waals surface area contributed by atoms with Gasteiger partial charge in [0.1, 0.15) is 5.82 Å². The van der Waals surface area contributed by atoms with Crippen molar-refractivity contribution in [1.29, 1.82) is 0 Å². The van der Waals surface area contributed by atoms with E-state index in [0.717, 1.165) is 18.6 Å². The number of benzene rings is 1. The van der Waals surface area contributed by atoms with Gasteiger partial charge in [0, 0.05) is 25.1 Å². The first-order valence-corrected chi connectivity index (χ1v) is 6.97. The predicted octanol–water partition coefficient (Wildman–Crippen LogP) is 1.98. The Morgan fingerprint density at radius 1 is 1.59 bits per heavy atom. The highest BCUT2D eigenvalue weighted by molar-refractivity contribution is 5.92. The van der Waals surface area contributed by atoms with Crippen molar-refractivity contribution in [3.05, 3.63) is 45.8 Å². The minimum absolute atomic E-state index is 0.0532. The molecule has 1 aliphatic heterocycles. The van der Waals surface area contributed by atoms with E-state index >= 15 is 0 Å². The van der Waals surface area contributed by atoms with E-state index in [2.05, 4.69) is 0 Å². The number of nitro benzene ring substituents is 1. The molecule has 0 spiro atoms. The molecule has 0 aliphatic carbocycles. The quantitative estimate of drug-likeness (QED) is 0.523. The number of nitrogens with zero attached hydrogens (tertiary/aromatic N) is 2. The van der Waals surface area contributed by atoms with Gasteiger partial charge < -0.3 is 10.0 Å². The first-order chi connectivity index (χ1) is 10.4. The summed E-state index contributed by atoms with van der Waals surface area (Å²) in [6.45, 7) is 2.70. The van der Waals surface area contributed by atoms with E-state index < -0.39 is 16.8 Å². The largest absolute Gasteiger partial charge is 0.393 e. The Kier molecular flexibility index (Phi) is 4.87. The summed E-state index contributed by atoms with van der Waals surface area (Å²) >= 11 is 0. The highest BCUT2D eigenvalue weighted by atomic mass is 19.1. The van der Waals surface area contributed by atoms with Crippen LogP contribution in [0.3, 0.4) is 0 Å². The summed E-state index contributed by atoms with van der Waals surface area (Å²) in [5.74, 6) is -0.922. The number of likely N-dealkylation sites (tertiary alicyclic amines) is 1. The highest BCUT2D eigenvalue weighted by Crippen LogP contribution is 2.22. The van der Waals surface area contributed by atoms with Crippen LogP contribution in [0.25, 0.3) is 6.08 Å². The lowest BCUT2D eigenvalue weighted by Crippen LogP contribution is -2.28. The average Bonchev–Trinajstić information content (AvgIpc) is 2.95. The number of hydrogen-bond donors (Lipinski definition) is 1. The maximum absolute atomic E-state index is 13.0. The molecule has 1 fully saturated rings. The fourth-order valence-electron chi connectivity index (χ4n) is 2.46. The standard InChI is InChI=1S/C15H17FN2O4/c1-10(19)12-6-7-17(9-12)15(20)5-3-11-2-4-13(16)8-14(11)18(21)22/h2-5,8,10,12,19H,6-7,9H2,1H3/b5-3+. The molecule has 1 aromatic rings. The number of hydrogen-bond acceptors (Lipinski definition) is 4. The normalized spacial score (nSPS) is 19.6. The van der Waals surface area contributed by atoms with Crippen molar-refractivity contribution in [2.24, 2.45) is 5.92 Å². The lowest BCUT2D eigenvalue weighted by molar-refractivity contribution is -0.385. The molecule has 0 radical (unpaired) electrons. The van der Waals surface area contributed by atoms with E-state index in [9.17, 15) is 24.4 Å². The van der Waals surface area contributed by atoms with Crippen LogP contribution in [0.2, 0.25) is 0 Å². The third-order valence-electron chi connectivity index (χ3n) is 3.81. The molecule has 6 nitrogen and oxygen atoms in total. The Morgan fingerprint density at radius 3 is 2.91 bits per heavy atom. The van der Waals surface area contributed by atoms with E-state index in [4.69, 9.17) is 0 Å². The molecule has 1 aromatic carbocycles. The molecule has 22 heavy (non-hydrogen) atoms. The van der Waals surface area contributed by atoms with Crippen LogP contribution in [-0.4, -0.2) is 40.0 Å². The van der Waals surface area contributed by atoms with Crippen LogP contribution in [0.5, 0.6) is 0 Å². The van der Waals surface area contributed by atoms with Gasteiger partial charge in [-0.05, 0) is 31.6 Å². The molecule has 7 heteroatoms. The predicted molar refractivity (Wildman–Crippen MR) is 78.5 cm³/mol. The summed E-state index contributed by atoms with van der Waals surface area (Å²) < 4.78 is 13.0. The number of carbonyl (C=O) groups is 1. The van der Waals surface area contributed by atoms with Crippen molar-refractivity contribution in [2.75, 3.05) is 13.1 Å². The maximum atomic E-state index is 13.0. The van der Waals surface area contributed by atoms with Gasteiger partial charge >= 0.3 is 0 Å². The number of aliphatic hydroxyl groups is 1. The van der Waals surface area contributed by atoms with E-state index in [-0.39, 0.29) is 23.1 Å². The SMILES string of the molecule is CC(O)C1CCN(C(=O)/C=C/c2ccc(F)cc2[N+](=O)[O-])C1. The number of nitro groups is 1. The second-order valence-electron chi connectivity index (χ2n) is 5.37. The smallest absolute Gasteiger partial charge is 0.279 e. The number of amides is 1. The molecular weight excluding hydrogens is 291 g/mol. The van der Waals surface area contributed by atoms with Crippen LogP contribution in [-0.2, 0) is 4.79 Å². The summed E-state index contributed by atoms with van der Waals surface area (Å²) in [6.07, 6.45) is 2.81. The lowest BCUT2D eigenvalue weighted by atomic mass is 10.0. The Bertz CT molecular complexity index is 616. The Morgan fingerprint density at radius 2 is 2.32 bits per heavy atom. The Balaban J connectivity index is 2.09. The van der Waals surface area contributed by atoms with E-state index in [0.29, 0.717) is 13.1 Å². The molecule has 2 rings (SSSR count). The second kappa shape index (κ2) is 6.65. The van der Waals surface area contributed by atoms with Gasteiger partial charge in [0.25, 0.3) is 5.69 Å². The fourth-order valence-corrected chi connectivity index (χ4v) is 2.46. The van der Waals surface area contributed by atoms with Gasteiger partial charge in [0.2, 0.25) is 5.91 Å². The van der Waals surface area contributed by atoms with Crippen LogP contribution in [0.15, 0.2) is 24.3 Å². The van der Waals surface area contributed by atoms with Crippen molar-refractivity contribution in [2.45, 2.75) is 19.4 Å². The van der Waals surface area contributed by atoms with Crippen LogP contribution >= 0.6 is 0 Å². The summed E-state index contributed by atoms with van der Waals surface area (Å²) in [5, 5.41) is 20.4. The summed E-state index contributed by atoms with van der Waals surface area (Å²) in [5.41, 5.74) is -0.210. The lowest BCUT2D eigenvalue weighted by Gasteiger charge is -2.15. The second-order valence-corrected chi connectivity index (χ2v) is 5.37. The molecule has 1 amide bonds. The third-order valence-corrected chi connectivity index (χ3v) is 3.81. The third kappa shape index (κ3) is 3.67. The molecule has 1 N–H and O–H groups in total. The Labute approximate surface area is 127 Å². The van der Waals surface area contributed by atoms with Crippen molar-refractivity contribution in [1.82, 2.24) is 4.90 Å². The van der Waals surface area contributed by atoms with Gasteiger partial charge in [-0.15, -0.1) is 0 Å². The summed E-state index contributed by atoms with van der Waals surface area (Å²) in [7, 11) is 0. The maximum Gasteiger partial charge on any atom is 0.279 e. The first kappa shape index (κ1) is 16.1. The average molecular weight is 308 g/mol. The van der Waals surface area contributed by atoms with Crippen molar-refractivity contribution < 1.29 is 19.2 Å². The van der Waals surface area contributed by atoms with E-state index in [1.807, 2.05) is 0 Å². The molecular formula is C15H17FN2O4. The van der Waals surface area contributed by atoms with Gasteiger partial charge in [-0.2, -0.15) is 0 Å². The van der Waals surface area contributed by atoms with Crippen LogP contribution in [0.4, 0.5) is 10.1 Å². The summed E-state index contributed by atoms with van der Waals surface area (Å²) in [6, 6.07) is 3.19. The fraction of sp³-hybridized carbons (Fsp3) is 0.400. The molecule has 2 unspecified atom stereocenters. The molecule has 0 saturated carbocycles. The zero-order valence-electron chi connectivity index (χ0n) is 12.1. The van der Waals surface area contributed by atoms with Gasteiger partial charge in [-0.3, -0.25) is 14.9 Å². The molecule has 0 aromatic heterocycles. The van der Waals surface area contributed by atoms with Crippen LogP contribution < -0.4 is 0 Å². The molecule has 118 valence electrons. The number of rotatable bonds is 4. The zero-order valence-corrected chi connectivity index (χ0v) is 12.1. The van der Waals surface area contributed by atoms with Crippen molar-refractivity contribution in [3.63, 3.8) is 0 Å². The minimum Gasteiger partial charge on any atom is -0.393 e. The van der Waals surface area contributed by atoms with Crippen LogP contribution in [0.1, 0.15) is 18.9 Å². The van der Waals surface area contributed by atoms with Gasteiger partial charge in [-0.1, -0.05) is 0 Å². The number of carbonyl (C=O) groups excluding carboxylic acids is 1. The number of halogens is 1. The van der Waals surface area contributed by atoms with Gasteiger partial charge in [-0.25, -0.2) is 4.39 Å². The molecule has 2 atom stereocenters. The van der Waals surface area contributed by atoms with Crippen LogP contribution in [0, 0.1) is 21.8 Å². The van der Waals surface area contributed by atoms with Gasteiger partial charge in [0.15, 0.2) is 0 Å². The van der Waals surface area contributed by atoms with E-state index in [1.54, 1.807) is 11.8 Å². The van der Waals surface area contributed by atoms with Crippen molar-refractivity contribution in [3.8, 4) is 0 Å². The first-order valence-electron chi connectivity index (χ1n) is 6.97. The van der Waals surface area contributed by atoms with Gasteiger partial charge in [0.05, 0.1) is 22.7 Å². The Hall–Kier alpha value is -2.28. The summed E-state index contributed by atoms with van der Waals surface area (Å²) in [4.78, 5) is 23.8. The monoisotopic (exact) mass is 308 g/mol. The minimum atomic E-state index is -0.700. The zero-order chi connectivity index (χ0) is 16.3. The molecule has 1 heterocycles. The topological polar surface area (TPSA) is 83.7 Å². The molecule has 1 aliphatic rings. The van der Waals surface area contributed by atoms with Crippen molar-refractivity contribution >= 4 is 17.7 Å².